The van der Waals surface area contributed by atoms with Crippen LogP contribution >= 0.6 is 11.6 Å². The quantitative estimate of drug-likeness (QED) is 0.867. The van der Waals surface area contributed by atoms with Crippen molar-refractivity contribution in [3.05, 3.63) is 34.9 Å². The number of rotatable bonds is 3. The molecule has 2 nitrogen and oxygen atoms in total. The summed E-state index contributed by atoms with van der Waals surface area (Å²) in [5.74, 6) is 0. The topological polar surface area (TPSA) is 38.0 Å². The number of hydrogen-bond donors (Lipinski definition) is 2. The van der Waals surface area contributed by atoms with E-state index in [0.717, 1.165) is 11.4 Å². The van der Waals surface area contributed by atoms with Crippen molar-refractivity contribution in [3.8, 4) is 0 Å². The Labute approximate surface area is 109 Å². The number of nitrogens with two attached hydrogens (primary N) is 1. The van der Waals surface area contributed by atoms with Gasteiger partial charge in [0.2, 0.25) is 0 Å². The van der Waals surface area contributed by atoms with E-state index >= 15 is 0 Å². The van der Waals surface area contributed by atoms with Gasteiger partial charge in [-0.05, 0) is 43.9 Å². The molecule has 1 aliphatic rings. The van der Waals surface area contributed by atoms with Crippen molar-refractivity contribution in [2.45, 2.75) is 50.7 Å². The highest BCUT2D eigenvalue weighted by Crippen LogP contribution is 2.22. The molecule has 1 aromatic carbocycles. The van der Waals surface area contributed by atoms with Crippen LogP contribution in [0, 0.1) is 0 Å². The lowest BCUT2D eigenvalue weighted by Crippen LogP contribution is -2.40. The van der Waals surface area contributed by atoms with Crippen LogP contribution in [0.1, 0.15) is 44.2 Å². The van der Waals surface area contributed by atoms with Crippen LogP contribution in [-0.4, -0.2) is 12.1 Å². The monoisotopic (exact) mass is 252 g/mol. The van der Waals surface area contributed by atoms with E-state index in [1.165, 1.54) is 24.8 Å². The van der Waals surface area contributed by atoms with E-state index < -0.39 is 0 Å². The molecule has 0 heterocycles. The minimum atomic E-state index is 0.337. The van der Waals surface area contributed by atoms with Gasteiger partial charge in [-0.25, -0.2) is 0 Å². The summed E-state index contributed by atoms with van der Waals surface area (Å²) in [5, 5.41) is 4.46. The third-order valence-corrected chi connectivity index (χ3v) is 3.78. The molecule has 1 aliphatic carbocycles. The van der Waals surface area contributed by atoms with Crippen molar-refractivity contribution in [3.63, 3.8) is 0 Å². The molecule has 0 spiro atoms. The smallest absolute Gasteiger partial charge is 0.0409 e. The van der Waals surface area contributed by atoms with E-state index in [2.05, 4.69) is 18.3 Å². The Balaban J connectivity index is 1.94. The molecule has 17 heavy (non-hydrogen) atoms. The van der Waals surface area contributed by atoms with Gasteiger partial charge in [0.25, 0.3) is 0 Å². The van der Waals surface area contributed by atoms with Crippen molar-refractivity contribution in [1.29, 1.82) is 0 Å². The van der Waals surface area contributed by atoms with Gasteiger partial charge >= 0.3 is 0 Å². The predicted molar refractivity (Wildman–Crippen MR) is 73.2 cm³/mol. The Morgan fingerprint density at radius 3 is 2.94 bits per heavy atom. The predicted octanol–water partition coefficient (Wildman–Crippen LogP) is 3.26. The summed E-state index contributed by atoms with van der Waals surface area (Å²) >= 11 is 6.01. The maximum Gasteiger partial charge on any atom is 0.0409 e. The third-order valence-electron chi connectivity index (χ3n) is 3.55. The molecular formula is C14H21ClN2. The lowest BCUT2D eigenvalue weighted by Gasteiger charge is -2.30. The lowest BCUT2D eigenvalue weighted by atomic mass is 9.91. The molecule has 94 valence electrons. The van der Waals surface area contributed by atoms with E-state index in [1.54, 1.807) is 0 Å². The van der Waals surface area contributed by atoms with Crippen LogP contribution in [0.25, 0.3) is 0 Å². The standard InChI is InChI=1S/C14H21ClN2/c1-10(11-4-2-5-12(15)8-11)17-14-7-3-6-13(16)9-14/h2,4-5,8,10,13-14,17H,3,6-7,9,16H2,1H3. The van der Waals surface area contributed by atoms with Crippen LogP contribution in [0.15, 0.2) is 24.3 Å². The SMILES string of the molecule is CC(NC1CCCC(N)C1)c1cccc(Cl)c1. The Morgan fingerprint density at radius 2 is 2.24 bits per heavy atom. The Kier molecular flexibility index (Phi) is 4.43. The molecule has 3 unspecified atom stereocenters. The molecule has 0 radical (unpaired) electrons. The molecule has 0 bridgehead atoms. The van der Waals surface area contributed by atoms with E-state index in [0.29, 0.717) is 18.1 Å². The summed E-state index contributed by atoms with van der Waals surface area (Å²) in [6, 6.07) is 9.31. The minimum Gasteiger partial charge on any atom is -0.328 e. The summed E-state index contributed by atoms with van der Waals surface area (Å²) in [4.78, 5) is 0. The first-order chi connectivity index (χ1) is 8.15. The van der Waals surface area contributed by atoms with Gasteiger partial charge in [-0.15, -0.1) is 0 Å². The van der Waals surface area contributed by atoms with Crippen LogP contribution in [0.3, 0.4) is 0 Å². The molecule has 1 saturated carbocycles. The molecule has 0 saturated heterocycles. The molecule has 3 N–H and O–H groups in total. The van der Waals surface area contributed by atoms with Gasteiger partial charge < -0.3 is 11.1 Å². The van der Waals surface area contributed by atoms with Crippen LogP contribution in [0.4, 0.5) is 0 Å². The van der Waals surface area contributed by atoms with Crippen LogP contribution < -0.4 is 11.1 Å². The molecule has 1 aromatic rings. The molecular weight excluding hydrogens is 232 g/mol. The van der Waals surface area contributed by atoms with E-state index in [4.69, 9.17) is 17.3 Å². The second-order valence-electron chi connectivity index (χ2n) is 5.07. The first-order valence-electron chi connectivity index (χ1n) is 6.42. The summed E-state index contributed by atoms with van der Waals surface area (Å²) in [6.07, 6.45) is 4.73. The zero-order valence-electron chi connectivity index (χ0n) is 10.3. The average Bonchev–Trinajstić information content (AvgIpc) is 2.29. The van der Waals surface area contributed by atoms with Crippen LogP contribution in [0.5, 0.6) is 0 Å². The Morgan fingerprint density at radius 1 is 1.41 bits per heavy atom. The lowest BCUT2D eigenvalue weighted by molar-refractivity contribution is 0.319. The van der Waals surface area contributed by atoms with E-state index in [-0.39, 0.29) is 0 Å². The highest BCUT2D eigenvalue weighted by molar-refractivity contribution is 6.30. The third kappa shape index (κ3) is 3.70. The van der Waals surface area contributed by atoms with Crippen LogP contribution in [0.2, 0.25) is 5.02 Å². The second-order valence-corrected chi connectivity index (χ2v) is 5.50. The fourth-order valence-corrected chi connectivity index (χ4v) is 2.80. The van der Waals surface area contributed by atoms with Gasteiger partial charge in [-0.2, -0.15) is 0 Å². The van der Waals surface area contributed by atoms with Gasteiger partial charge in [0.15, 0.2) is 0 Å². The van der Waals surface area contributed by atoms with Crippen LogP contribution in [-0.2, 0) is 0 Å². The highest BCUT2D eigenvalue weighted by atomic mass is 35.5. The van der Waals surface area contributed by atoms with Crippen molar-refractivity contribution in [2.24, 2.45) is 5.73 Å². The van der Waals surface area contributed by atoms with E-state index in [9.17, 15) is 0 Å². The Bertz CT molecular complexity index is 367. The van der Waals surface area contributed by atoms with Gasteiger partial charge in [0.1, 0.15) is 0 Å². The normalized spacial score (nSPS) is 26.8. The number of nitrogens with one attached hydrogen (secondary N) is 1. The fourth-order valence-electron chi connectivity index (χ4n) is 2.60. The van der Waals surface area contributed by atoms with Crippen molar-refractivity contribution in [2.75, 3.05) is 0 Å². The minimum absolute atomic E-state index is 0.337. The Hall–Kier alpha value is -0.570. The molecule has 0 aliphatic heterocycles. The largest absolute Gasteiger partial charge is 0.328 e. The highest BCUT2D eigenvalue weighted by Gasteiger charge is 2.20. The summed E-state index contributed by atoms with van der Waals surface area (Å²) in [5.41, 5.74) is 7.25. The summed E-state index contributed by atoms with van der Waals surface area (Å²) in [6.45, 7) is 2.19. The molecule has 2 rings (SSSR count). The zero-order chi connectivity index (χ0) is 12.3. The number of halogens is 1. The summed E-state index contributed by atoms with van der Waals surface area (Å²) in [7, 11) is 0. The first-order valence-corrected chi connectivity index (χ1v) is 6.80. The molecule has 3 atom stereocenters. The molecule has 3 heteroatoms. The fraction of sp³-hybridized carbons (Fsp3) is 0.571. The maximum absolute atomic E-state index is 6.01. The van der Waals surface area contributed by atoms with Gasteiger partial charge in [-0.3, -0.25) is 0 Å². The van der Waals surface area contributed by atoms with Gasteiger partial charge in [-0.1, -0.05) is 30.2 Å². The first kappa shape index (κ1) is 12.9. The number of hydrogen-bond acceptors (Lipinski definition) is 2. The molecule has 1 fully saturated rings. The van der Waals surface area contributed by atoms with Crippen molar-refractivity contribution >= 4 is 11.6 Å². The van der Waals surface area contributed by atoms with E-state index in [1.807, 2.05) is 18.2 Å². The maximum atomic E-state index is 6.01. The molecule has 0 aromatic heterocycles. The van der Waals surface area contributed by atoms with Gasteiger partial charge in [0.05, 0.1) is 0 Å². The zero-order valence-corrected chi connectivity index (χ0v) is 11.1. The van der Waals surface area contributed by atoms with Crippen molar-refractivity contribution in [1.82, 2.24) is 5.32 Å². The summed E-state index contributed by atoms with van der Waals surface area (Å²) < 4.78 is 0. The average molecular weight is 253 g/mol. The number of benzene rings is 1. The molecule has 0 amide bonds. The van der Waals surface area contributed by atoms with Gasteiger partial charge in [0, 0.05) is 23.1 Å². The second kappa shape index (κ2) is 5.85. The van der Waals surface area contributed by atoms with Crippen molar-refractivity contribution < 1.29 is 0 Å².